The maximum absolute atomic E-state index is 12.9. The summed E-state index contributed by atoms with van der Waals surface area (Å²) in [5, 5.41) is 5.79. The van der Waals surface area contributed by atoms with Gasteiger partial charge in [0.25, 0.3) is 11.8 Å². The fourth-order valence-electron chi connectivity index (χ4n) is 3.26. The zero-order chi connectivity index (χ0) is 19.1. The number of rotatable bonds is 6. The summed E-state index contributed by atoms with van der Waals surface area (Å²) in [6.45, 7) is 0.407. The average Bonchev–Trinajstić information content (AvgIpc) is 2.70. The topological polar surface area (TPSA) is 71.1 Å². The zero-order valence-electron chi connectivity index (χ0n) is 15.2. The van der Waals surface area contributed by atoms with Gasteiger partial charge in [-0.1, -0.05) is 37.5 Å². The molecule has 142 valence electrons. The Hall–Kier alpha value is -2.76. The van der Waals surface area contributed by atoms with Crippen LogP contribution in [-0.4, -0.2) is 29.4 Å². The summed E-state index contributed by atoms with van der Waals surface area (Å²) >= 11 is 0. The van der Waals surface area contributed by atoms with Crippen molar-refractivity contribution < 1.29 is 14.0 Å². The third-order valence-electron chi connectivity index (χ3n) is 4.77. The number of hydrogen-bond acceptors (Lipinski definition) is 3. The van der Waals surface area contributed by atoms with Crippen LogP contribution in [0.1, 0.15) is 58.6 Å². The molecule has 0 spiro atoms. The van der Waals surface area contributed by atoms with Gasteiger partial charge in [-0.05, 0) is 49.1 Å². The Labute approximate surface area is 158 Å². The lowest BCUT2D eigenvalue weighted by atomic mass is 9.95. The van der Waals surface area contributed by atoms with Crippen molar-refractivity contribution >= 4 is 11.8 Å². The van der Waals surface area contributed by atoms with Crippen molar-refractivity contribution in [3.8, 4) is 0 Å². The molecule has 2 amide bonds. The maximum atomic E-state index is 12.9. The zero-order valence-corrected chi connectivity index (χ0v) is 15.2. The summed E-state index contributed by atoms with van der Waals surface area (Å²) in [7, 11) is 0. The summed E-state index contributed by atoms with van der Waals surface area (Å²) in [4.78, 5) is 28.9. The van der Waals surface area contributed by atoms with E-state index in [1.165, 1.54) is 18.6 Å². The minimum Gasteiger partial charge on any atom is -0.350 e. The van der Waals surface area contributed by atoms with Crippen LogP contribution < -0.4 is 10.6 Å². The van der Waals surface area contributed by atoms with E-state index in [2.05, 4.69) is 15.6 Å². The first-order valence-electron chi connectivity index (χ1n) is 9.42. The Balaban J connectivity index is 1.53. The van der Waals surface area contributed by atoms with Crippen molar-refractivity contribution in [3.05, 3.63) is 65.2 Å². The second-order valence-corrected chi connectivity index (χ2v) is 6.85. The van der Waals surface area contributed by atoms with Gasteiger partial charge in [0.15, 0.2) is 0 Å². The van der Waals surface area contributed by atoms with E-state index in [0.717, 1.165) is 31.2 Å². The highest BCUT2D eigenvalue weighted by molar-refractivity contribution is 5.96. The van der Waals surface area contributed by atoms with E-state index >= 15 is 0 Å². The third-order valence-corrected chi connectivity index (χ3v) is 4.77. The molecule has 0 aliphatic heterocycles. The van der Waals surface area contributed by atoms with Crippen LogP contribution in [0.15, 0.2) is 42.5 Å². The molecule has 1 aromatic carbocycles. The Morgan fingerprint density at radius 1 is 0.963 bits per heavy atom. The summed E-state index contributed by atoms with van der Waals surface area (Å²) < 4.78 is 12.9. The number of pyridine rings is 1. The molecule has 1 aliphatic carbocycles. The number of carbonyl (C=O) groups excluding carboxylic acids is 2. The van der Waals surface area contributed by atoms with Crippen LogP contribution in [0.25, 0.3) is 0 Å². The summed E-state index contributed by atoms with van der Waals surface area (Å²) in [6, 6.07) is 11.2. The molecular weight excluding hydrogens is 345 g/mol. The summed E-state index contributed by atoms with van der Waals surface area (Å²) in [5.74, 6) is -0.845. The van der Waals surface area contributed by atoms with Gasteiger partial charge in [-0.2, -0.15) is 0 Å². The maximum Gasteiger partial charge on any atom is 0.270 e. The minimum absolute atomic E-state index is 0.196. The Morgan fingerprint density at radius 3 is 2.33 bits per heavy atom. The quantitative estimate of drug-likeness (QED) is 0.821. The van der Waals surface area contributed by atoms with E-state index in [4.69, 9.17) is 0 Å². The Bertz CT molecular complexity index is 786. The van der Waals surface area contributed by atoms with E-state index in [-0.39, 0.29) is 35.1 Å². The van der Waals surface area contributed by atoms with Gasteiger partial charge in [-0.3, -0.25) is 9.59 Å². The first kappa shape index (κ1) is 19.0. The second-order valence-electron chi connectivity index (χ2n) is 6.85. The van der Waals surface area contributed by atoms with Gasteiger partial charge in [0.2, 0.25) is 0 Å². The molecule has 2 N–H and O–H groups in total. The van der Waals surface area contributed by atoms with Gasteiger partial charge < -0.3 is 10.6 Å². The van der Waals surface area contributed by atoms with E-state index < -0.39 is 0 Å². The molecule has 1 fully saturated rings. The first-order chi connectivity index (χ1) is 13.1. The van der Waals surface area contributed by atoms with Crippen LogP contribution in [0.2, 0.25) is 0 Å². The molecule has 1 aliphatic rings. The van der Waals surface area contributed by atoms with Crippen molar-refractivity contribution in [2.24, 2.45) is 0 Å². The van der Waals surface area contributed by atoms with Crippen LogP contribution in [-0.2, 0) is 6.42 Å². The molecule has 0 bridgehead atoms. The highest BCUT2D eigenvalue weighted by Crippen LogP contribution is 2.17. The van der Waals surface area contributed by atoms with Crippen molar-refractivity contribution in [2.75, 3.05) is 6.54 Å². The number of nitrogens with one attached hydrogen (secondary N) is 2. The van der Waals surface area contributed by atoms with Crippen LogP contribution in [0, 0.1) is 5.82 Å². The predicted octanol–water partition coefficient (Wildman–Crippen LogP) is 3.26. The lowest BCUT2D eigenvalue weighted by molar-refractivity contribution is 0.0922. The van der Waals surface area contributed by atoms with Gasteiger partial charge >= 0.3 is 0 Å². The van der Waals surface area contributed by atoms with Crippen LogP contribution in [0.3, 0.4) is 0 Å². The lowest BCUT2D eigenvalue weighted by Gasteiger charge is -2.22. The van der Waals surface area contributed by atoms with Gasteiger partial charge in [-0.15, -0.1) is 0 Å². The van der Waals surface area contributed by atoms with Crippen LogP contribution in [0.4, 0.5) is 4.39 Å². The van der Waals surface area contributed by atoms with Gasteiger partial charge in [0.05, 0.1) is 0 Å². The molecule has 27 heavy (non-hydrogen) atoms. The van der Waals surface area contributed by atoms with E-state index in [1.54, 1.807) is 30.3 Å². The molecule has 1 saturated carbocycles. The van der Waals surface area contributed by atoms with Crippen molar-refractivity contribution in [1.82, 2.24) is 15.6 Å². The second kappa shape index (κ2) is 9.26. The standard InChI is InChI=1S/C21H24FN3O2/c22-16-11-9-15(10-12-16)13-14-23-20(26)18-7-4-8-19(25-18)21(27)24-17-5-2-1-3-6-17/h4,7-12,17H,1-3,5-6,13-14H2,(H,23,26)(H,24,27). The SMILES string of the molecule is O=C(NCCc1ccc(F)cc1)c1cccc(C(=O)NC2CCCCC2)n1. The van der Waals surface area contributed by atoms with Crippen molar-refractivity contribution in [2.45, 2.75) is 44.6 Å². The third kappa shape index (κ3) is 5.61. The number of carbonyl (C=O) groups is 2. The molecule has 2 aromatic rings. The molecule has 1 heterocycles. The average molecular weight is 369 g/mol. The van der Waals surface area contributed by atoms with Gasteiger partial charge in [-0.25, -0.2) is 9.37 Å². The van der Waals surface area contributed by atoms with E-state index in [1.807, 2.05) is 0 Å². The molecule has 1 aromatic heterocycles. The normalized spacial score (nSPS) is 14.6. The summed E-state index contributed by atoms with van der Waals surface area (Å²) in [5.41, 5.74) is 1.41. The number of hydrogen-bond donors (Lipinski definition) is 2. The Morgan fingerprint density at radius 2 is 1.63 bits per heavy atom. The number of nitrogens with zero attached hydrogens (tertiary/aromatic N) is 1. The van der Waals surface area contributed by atoms with Gasteiger partial charge in [0, 0.05) is 12.6 Å². The first-order valence-corrected chi connectivity index (χ1v) is 9.42. The molecule has 0 unspecified atom stereocenters. The molecule has 6 heteroatoms. The van der Waals surface area contributed by atoms with Gasteiger partial charge in [0.1, 0.15) is 17.2 Å². The molecule has 0 saturated heterocycles. The van der Waals surface area contributed by atoms with Crippen molar-refractivity contribution in [1.29, 1.82) is 0 Å². The largest absolute Gasteiger partial charge is 0.350 e. The smallest absolute Gasteiger partial charge is 0.270 e. The number of amides is 2. The van der Waals surface area contributed by atoms with Crippen LogP contribution >= 0.6 is 0 Å². The lowest BCUT2D eigenvalue weighted by Crippen LogP contribution is -2.37. The highest BCUT2D eigenvalue weighted by Gasteiger charge is 2.18. The fraction of sp³-hybridized carbons (Fsp3) is 0.381. The highest BCUT2D eigenvalue weighted by atomic mass is 19.1. The fourth-order valence-corrected chi connectivity index (χ4v) is 3.26. The molecule has 3 rings (SSSR count). The van der Waals surface area contributed by atoms with Crippen molar-refractivity contribution in [3.63, 3.8) is 0 Å². The molecule has 0 atom stereocenters. The Kier molecular flexibility index (Phi) is 6.52. The minimum atomic E-state index is -0.329. The molecule has 0 radical (unpaired) electrons. The predicted molar refractivity (Wildman–Crippen MR) is 101 cm³/mol. The number of halogens is 1. The molecular formula is C21H24FN3O2. The monoisotopic (exact) mass is 369 g/mol. The molecule has 5 nitrogen and oxygen atoms in total. The number of benzene rings is 1. The van der Waals surface area contributed by atoms with E-state index in [0.29, 0.717) is 13.0 Å². The summed E-state index contributed by atoms with van der Waals surface area (Å²) in [6.07, 6.45) is 6.07. The van der Waals surface area contributed by atoms with E-state index in [9.17, 15) is 14.0 Å². The van der Waals surface area contributed by atoms with Crippen LogP contribution in [0.5, 0.6) is 0 Å². The number of aromatic nitrogens is 1.